The average Bonchev–Trinajstić information content (AvgIpc) is 3.38. The molecule has 1 aliphatic heterocycles. The smallest absolute Gasteiger partial charge is 0.191 e. The van der Waals surface area contributed by atoms with Crippen molar-refractivity contribution in [3.63, 3.8) is 0 Å². The van der Waals surface area contributed by atoms with Gasteiger partial charge in [-0.05, 0) is 37.4 Å². The third-order valence-electron chi connectivity index (χ3n) is 5.88. The van der Waals surface area contributed by atoms with Crippen molar-refractivity contribution in [1.82, 2.24) is 35.3 Å². The molecule has 1 fully saturated rings. The highest BCUT2D eigenvalue weighted by atomic mass is 127. The lowest BCUT2D eigenvalue weighted by atomic mass is 10.2. The quantitative estimate of drug-likeness (QED) is 0.159. The predicted octanol–water partition coefficient (Wildman–Crippen LogP) is 2.22. The summed E-state index contributed by atoms with van der Waals surface area (Å²) in [5, 5.41) is 16.6. The van der Waals surface area contributed by atoms with Crippen LogP contribution < -0.4 is 10.6 Å². The van der Waals surface area contributed by atoms with Crippen molar-refractivity contribution in [2.75, 3.05) is 45.9 Å². The number of aliphatic imine (C=N–C) groups is 1. The number of para-hydroxylation sites is 1. The van der Waals surface area contributed by atoms with Crippen molar-refractivity contribution >= 4 is 40.8 Å². The highest BCUT2D eigenvalue weighted by Crippen LogP contribution is 2.14. The van der Waals surface area contributed by atoms with Crippen LogP contribution in [0.25, 0.3) is 10.9 Å². The molecule has 3 aromatic rings. The number of aryl methyl sites for hydroxylation is 1. The van der Waals surface area contributed by atoms with Gasteiger partial charge in [-0.25, -0.2) is 4.99 Å². The molecule has 10 heteroatoms. The fourth-order valence-electron chi connectivity index (χ4n) is 3.83. The maximum Gasteiger partial charge on any atom is 0.191 e. The molecule has 0 aliphatic carbocycles. The molecule has 0 amide bonds. The number of fused-ring (bicyclic) bond motifs is 1. The number of H-pyrrole nitrogens is 1. The second-order valence-corrected chi connectivity index (χ2v) is 8.18. The molecular formula is C23H35IN8O. The third-order valence-corrected chi connectivity index (χ3v) is 5.88. The number of benzene rings is 1. The van der Waals surface area contributed by atoms with Crippen LogP contribution >= 0.6 is 24.0 Å². The van der Waals surface area contributed by atoms with E-state index in [4.69, 9.17) is 9.73 Å². The molecule has 2 aromatic heterocycles. The minimum Gasteiger partial charge on any atom is -0.379 e. The van der Waals surface area contributed by atoms with Crippen LogP contribution in [0.5, 0.6) is 0 Å². The van der Waals surface area contributed by atoms with Crippen LogP contribution in [0.1, 0.15) is 23.8 Å². The van der Waals surface area contributed by atoms with Crippen LogP contribution in [0, 0.1) is 6.92 Å². The molecule has 33 heavy (non-hydrogen) atoms. The fraction of sp³-hybridized carbons (Fsp3) is 0.522. The Balaban J connectivity index is 0.00000306. The zero-order valence-electron chi connectivity index (χ0n) is 19.5. The molecule has 0 unspecified atom stereocenters. The number of guanidine groups is 1. The first-order valence-corrected chi connectivity index (χ1v) is 11.4. The van der Waals surface area contributed by atoms with E-state index >= 15 is 0 Å². The Morgan fingerprint density at radius 1 is 1.15 bits per heavy atom. The Morgan fingerprint density at radius 2 is 1.94 bits per heavy atom. The Hall–Kier alpha value is -2.18. The van der Waals surface area contributed by atoms with Crippen LogP contribution in [0.3, 0.4) is 0 Å². The molecule has 4 rings (SSSR count). The minimum atomic E-state index is 0. The minimum absolute atomic E-state index is 0. The highest BCUT2D eigenvalue weighted by Gasteiger charge is 2.10. The number of ether oxygens (including phenoxy) is 1. The van der Waals surface area contributed by atoms with Crippen LogP contribution in [0.2, 0.25) is 0 Å². The van der Waals surface area contributed by atoms with Crippen LogP contribution in [-0.2, 0) is 24.8 Å². The normalized spacial score (nSPS) is 14.9. The van der Waals surface area contributed by atoms with Crippen molar-refractivity contribution < 1.29 is 4.74 Å². The fourth-order valence-corrected chi connectivity index (χ4v) is 3.83. The van der Waals surface area contributed by atoms with E-state index in [0.717, 1.165) is 76.4 Å². The van der Waals surface area contributed by atoms with Crippen molar-refractivity contribution in [3.05, 3.63) is 47.7 Å². The topological polar surface area (TPSA) is 95.4 Å². The van der Waals surface area contributed by atoms with Gasteiger partial charge in [0.2, 0.25) is 0 Å². The molecule has 1 aromatic carbocycles. The molecule has 9 nitrogen and oxygen atoms in total. The predicted molar refractivity (Wildman–Crippen MR) is 142 cm³/mol. The summed E-state index contributed by atoms with van der Waals surface area (Å²) in [7, 11) is 1.97. The van der Waals surface area contributed by atoms with Crippen molar-refractivity contribution in [2.24, 2.45) is 12.0 Å². The number of nitrogens with one attached hydrogen (secondary N) is 3. The molecule has 1 aliphatic rings. The summed E-state index contributed by atoms with van der Waals surface area (Å²) in [6.45, 7) is 8.89. The first kappa shape index (κ1) is 25.4. The summed E-state index contributed by atoms with van der Waals surface area (Å²) >= 11 is 0. The van der Waals surface area contributed by atoms with Crippen LogP contribution in [0.4, 0.5) is 0 Å². The van der Waals surface area contributed by atoms with Gasteiger partial charge in [0, 0.05) is 50.9 Å². The zero-order chi connectivity index (χ0) is 22.2. The maximum atomic E-state index is 5.43. The first-order chi connectivity index (χ1) is 15.7. The summed E-state index contributed by atoms with van der Waals surface area (Å²) in [6.07, 6.45) is 1.96. The van der Waals surface area contributed by atoms with Crippen molar-refractivity contribution in [2.45, 2.75) is 26.3 Å². The Morgan fingerprint density at radius 3 is 2.70 bits per heavy atom. The zero-order valence-corrected chi connectivity index (χ0v) is 21.8. The summed E-state index contributed by atoms with van der Waals surface area (Å²) < 4.78 is 7.40. The van der Waals surface area contributed by atoms with Gasteiger partial charge in [-0.1, -0.05) is 18.2 Å². The highest BCUT2D eigenvalue weighted by molar-refractivity contribution is 14.0. The second-order valence-electron chi connectivity index (χ2n) is 8.18. The summed E-state index contributed by atoms with van der Waals surface area (Å²) in [4.78, 5) is 10.7. The van der Waals surface area contributed by atoms with Gasteiger partial charge in [-0.15, -0.1) is 34.2 Å². The number of halogens is 1. The standard InChI is InChI=1S/C23H34N8O.HI/c1-18-28-29-22(30(18)2)17-26-23(24-9-5-11-31-12-14-32-15-13-31)25-10-8-20-16-19-6-3-4-7-21(19)27-20;/h3-4,6-7,16,27H,5,8-15,17H2,1-2H3,(H2,24,25,26);1H. The van der Waals surface area contributed by atoms with Gasteiger partial charge in [-0.2, -0.15) is 0 Å². The molecule has 0 spiro atoms. The van der Waals surface area contributed by atoms with Crippen LogP contribution in [0.15, 0.2) is 35.3 Å². The lowest BCUT2D eigenvalue weighted by molar-refractivity contribution is 0.0376. The molecule has 0 radical (unpaired) electrons. The Bertz CT molecular complexity index is 992. The third kappa shape index (κ3) is 7.41. The number of morpholine rings is 1. The maximum absolute atomic E-state index is 5.43. The van der Waals surface area contributed by atoms with Gasteiger partial charge >= 0.3 is 0 Å². The van der Waals surface area contributed by atoms with E-state index in [1.807, 2.05) is 18.5 Å². The molecule has 1 saturated heterocycles. The van der Waals surface area contributed by atoms with E-state index in [1.54, 1.807) is 0 Å². The molecule has 3 N–H and O–H groups in total. The number of hydrogen-bond donors (Lipinski definition) is 3. The van der Waals surface area contributed by atoms with Gasteiger partial charge in [0.05, 0.1) is 13.2 Å². The van der Waals surface area contributed by atoms with E-state index < -0.39 is 0 Å². The second kappa shape index (κ2) is 12.9. The molecule has 0 saturated carbocycles. The number of nitrogens with zero attached hydrogens (tertiary/aromatic N) is 5. The van der Waals surface area contributed by atoms with Crippen molar-refractivity contribution in [1.29, 1.82) is 0 Å². The molecule has 0 atom stereocenters. The van der Waals surface area contributed by atoms with E-state index in [-0.39, 0.29) is 24.0 Å². The lowest BCUT2D eigenvalue weighted by Gasteiger charge is -2.26. The van der Waals surface area contributed by atoms with Gasteiger partial charge in [-0.3, -0.25) is 4.90 Å². The Kier molecular flexibility index (Phi) is 9.95. The van der Waals surface area contributed by atoms with Gasteiger partial charge in [0.25, 0.3) is 0 Å². The monoisotopic (exact) mass is 566 g/mol. The molecule has 0 bridgehead atoms. The average molecular weight is 566 g/mol. The SMILES string of the molecule is Cc1nnc(CN=C(NCCCN2CCOCC2)NCCc2cc3ccccc3[nH]2)n1C.I. The van der Waals surface area contributed by atoms with Crippen molar-refractivity contribution in [3.8, 4) is 0 Å². The summed E-state index contributed by atoms with van der Waals surface area (Å²) in [5.74, 6) is 2.55. The van der Waals surface area contributed by atoms with E-state index in [1.165, 1.54) is 16.6 Å². The van der Waals surface area contributed by atoms with Gasteiger partial charge < -0.3 is 24.9 Å². The number of hydrogen-bond acceptors (Lipinski definition) is 5. The molecule has 180 valence electrons. The van der Waals surface area contributed by atoms with Crippen LogP contribution in [-0.4, -0.2) is 76.5 Å². The largest absolute Gasteiger partial charge is 0.379 e. The number of aromatic nitrogens is 4. The number of aromatic amines is 1. The summed E-state index contributed by atoms with van der Waals surface area (Å²) in [5.41, 5.74) is 2.39. The van der Waals surface area contributed by atoms with Gasteiger partial charge in [0.15, 0.2) is 11.8 Å². The van der Waals surface area contributed by atoms with Gasteiger partial charge in [0.1, 0.15) is 12.4 Å². The summed E-state index contributed by atoms with van der Waals surface area (Å²) in [6, 6.07) is 10.6. The molecule has 3 heterocycles. The first-order valence-electron chi connectivity index (χ1n) is 11.4. The number of rotatable bonds is 9. The van der Waals surface area contributed by atoms with E-state index in [0.29, 0.717) is 6.54 Å². The van der Waals surface area contributed by atoms with E-state index in [2.05, 4.69) is 61.0 Å². The molecular weight excluding hydrogens is 531 g/mol. The Labute approximate surface area is 212 Å². The van der Waals surface area contributed by atoms with E-state index in [9.17, 15) is 0 Å². The lowest BCUT2D eigenvalue weighted by Crippen LogP contribution is -2.41.